The fraction of sp³-hybridized carbons (Fsp3) is 0.263. The molecule has 0 aromatic heterocycles. The van der Waals surface area contributed by atoms with Gasteiger partial charge in [-0.25, -0.2) is 8.78 Å². The average molecular weight is 364 g/mol. The fourth-order valence-corrected chi connectivity index (χ4v) is 2.29. The number of hydrogen-bond donors (Lipinski definition) is 0. The highest BCUT2D eigenvalue weighted by Crippen LogP contribution is 2.24. The first kappa shape index (κ1) is 19.4. The van der Waals surface area contributed by atoms with Crippen LogP contribution in [-0.2, 0) is 16.1 Å². The molecule has 2 rings (SSSR count). The predicted octanol–water partition coefficient (Wildman–Crippen LogP) is 3.69. The molecule has 0 radical (unpaired) electrons. The lowest BCUT2D eigenvalue weighted by molar-refractivity contribution is -0.144. The molecule has 0 aliphatic rings. The Morgan fingerprint density at radius 1 is 0.962 bits per heavy atom. The Morgan fingerprint density at radius 3 is 2.38 bits per heavy atom. The Hall–Kier alpha value is -2.96. The highest BCUT2D eigenvalue weighted by atomic mass is 19.1. The molecule has 0 saturated carbocycles. The standard InChI is InChI=1S/C19H18F2O5/c1-24-14-4-7-18(25-2)12(9-14)11-26-19(23)8-6-17(22)15-5-3-13(20)10-16(15)21/h3-5,7,9-10H,6,8,11H2,1-2H3. The highest BCUT2D eigenvalue weighted by Gasteiger charge is 2.15. The van der Waals surface area contributed by atoms with E-state index in [1.807, 2.05) is 0 Å². The number of hydrogen-bond acceptors (Lipinski definition) is 5. The van der Waals surface area contributed by atoms with Gasteiger partial charge in [-0.1, -0.05) is 0 Å². The van der Waals surface area contributed by atoms with Crippen LogP contribution in [0, 0.1) is 11.6 Å². The molecule has 0 saturated heterocycles. The maximum atomic E-state index is 13.5. The van der Waals surface area contributed by atoms with Gasteiger partial charge in [0.15, 0.2) is 5.78 Å². The lowest BCUT2D eigenvalue weighted by Gasteiger charge is -2.11. The van der Waals surface area contributed by atoms with Crippen molar-refractivity contribution in [3.63, 3.8) is 0 Å². The van der Waals surface area contributed by atoms with Crippen molar-refractivity contribution in [1.29, 1.82) is 0 Å². The van der Waals surface area contributed by atoms with Crippen molar-refractivity contribution in [3.8, 4) is 11.5 Å². The van der Waals surface area contributed by atoms with Gasteiger partial charge in [0.2, 0.25) is 0 Å². The Morgan fingerprint density at radius 2 is 1.73 bits per heavy atom. The summed E-state index contributed by atoms with van der Waals surface area (Å²) in [7, 11) is 3.00. The van der Waals surface area contributed by atoms with Gasteiger partial charge in [0, 0.05) is 18.1 Å². The first-order valence-corrected chi connectivity index (χ1v) is 7.79. The van der Waals surface area contributed by atoms with E-state index >= 15 is 0 Å². The second kappa shape index (κ2) is 8.94. The van der Waals surface area contributed by atoms with Crippen molar-refractivity contribution in [1.82, 2.24) is 0 Å². The SMILES string of the molecule is COc1ccc(OC)c(COC(=O)CCC(=O)c2ccc(F)cc2F)c1. The summed E-state index contributed by atoms with van der Waals surface area (Å²) in [6.45, 7) is -0.0572. The zero-order valence-corrected chi connectivity index (χ0v) is 14.4. The van der Waals surface area contributed by atoms with Crippen LogP contribution in [0.1, 0.15) is 28.8 Å². The average Bonchev–Trinajstić information content (AvgIpc) is 2.64. The smallest absolute Gasteiger partial charge is 0.306 e. The number of ether oxygens (including phenoxy) is 3. The molecule has 0 spiro atoms. The third-order valence-corrected chi connectivity index (χ3v) is 3.66. The van der Waals surface area contributed by atoms with E-state index in [1.165, 1.54) is 14.2 Å². The molecule has 0 atom stereocenters. The molecule has 5 nitrogen and oxygen atoms in total. The topological polar surface area (TPSA) is 61.8 Å². The Kier molecular flexibility index (Phi) is 6.66. The summed E-state index contributed by atoms with van der Waals surface area (Å²) in [6.07, 6.45) is -0.460. The molecule has 2 aromatic carbocycles. The second-order valence-electron chi connectivity index (χ2n) is 5.39. The first-order chi connectivity index (χ1) is 12.4. The van der Waals surface area contributed by atoms with Crippen molar-refractivity contribution < 1.29 is 32.6 Å². The molecule has 2 aromatic rings. The molecule has 0 aliphatic heterocycles. The van der Waals surface area contributed by atoms with Crippen LogP contribution < -0.4 is 9.47 Å². The van der Waals surface area contributed by atoms with E-state index in [2.05, 4.69) is 0 Å². The van der Waals surface area contributed by atoms with Gasteiger partial charge in [-0.3, -0.25) is 9.59 Å². The minimum absolute atomic E-state index is 0.0572. The Bertz CT molecular complexity index is 805. The molecule has 26 heavy (non-hydrogen) atoms. The highest BCUT2D eigenvalue weighted by molar-refractivity contribution is 5.97. The summed E-state index contributed by atoms with van der Waals surface area (Å²) in [5.74, 6) is -1.83. The third-order valence-electron chi connectivity index (χ3n) is 3.66. The third kappa shape index (κ3) is 5.02. The van der Waals surface area contributed by atoms with Crippen molar-refractivity contribution >= 4 is 11.8 Å². The fourth-order valence-electron chi connectivity index (χ4n) is 2.29. The van der Waals surface area contributed by atoms with E-state index in [4.69, 9.17) is 14.2 Å². The summed E-state index contributed by atoms with van der Waals surface area (Å²) in [5.41, 5.74) is 0.352. The summed E-state index contributed by atoms with van der Waals surface area (Å²) in [4.78, 5) is 23.8. The van der Waals surface area contributed by atoms with Gasteiger partial charge in [-0.15, -0.1) is 0 Å². The molecule has 7 heteroatoms. The quantitative estimate of drug-likeness (QED) is 0.528. The molecule has 0 bridgehead atoms. The number of carbonyl (C=O) groups is 2. The molecule has 138 valence electrons. The lowest BCUT2D eigenvalue weighted by Crippen LogP contribution is -2.10. The minimum atomic E-state index is -0.954. The number of rotatable bonds is 8. The minimum Gasteiger partial charge on any atom is -0.497 e. The Labute approximate surface area is 149 Å². The van der Waals surface area contributed by atoms with Crippen molar-refractivity contribution in [2.24, 2.45) is 0 Å². The number of Topliss-reactive ketones (excluding diaryl/α,β-unsaturated/α-hetero) is 1. The van der Waals surface area contributed by atoms with Gasteiger partial charge in [-0.05, 0) is 30.3 Å². The van der Waals surface area contributed by atoms with Gasteiger partial charge in [0.1, 0.15) is 29.7 Å². The predicted molar refractivity (Wildman–Crippen MR) is 89.3 cm³/mol. The van der Waals surface area contributed by atoms with Crippen LogP contribution in [0.25, 0.3) is 0 Å². The maximum absolute atomic E-state index is 13.5. The second-order valence-corrected chi connectivity index (χ2v) is 5.39. The molecule has 0 N–H and O–H groups in total. The van der Waals surface area contributed by atoms with Crippen LogP contribution in [0.5, 0.6) is 11.5 Å². The number of ketones is 1. The summed E-state index contributed by atoms with van der Waals surface area (Å²) in [6, 6.07) is 7.73. The van der Waals surface area contributed by atoms with Crippen LogP contribution in [0.2, 0.25) is 0 Å². The molecular formula is C19H18F2O5. The largest absolute Gasteiger partial charge is 0.497 e. The van der Waals surface area contributed by atoms with E-state index in [0.29, 0.717) is 23.1 Å². The molecule has 0 aliphatic carbocycles. The summed E-state index contributed by atoms with van der Waals surface area (Å²) >= 11 is 0. The number of esters is 1. The zero-order valence-electron chi connectivity index (χ0n) is 14.4. The van der Waals surface area contributed by atoms with Crippen LogP contribution in [-0.4, -0.2) is 26.0 Å². The number of benzene rings is 2. The van der Waals surface area contributed by atoms with Crippen molar-refractivity contribution in [2.75, 3.05) is 14.2 Å². The van der Waals surface area contributed by atoms with Gasteiger partial charge in [0.25, 0.3) is 0 Å². The first-order valence-electron chi connectivity index (χ1n) is 7.79. The normalized spacial score (nSPS) is 10.3. The number of methoxy groups -OCH3 is 2. The van der Waals surface area contributed by atoms with Gasteiger partial charge < -0.3 is 14.2 Å². The summed E-state index contributed by atoms with van der Waals surface area (Å²) < 4.78 is 41.8. The summed E-state index contributed by atoms with van der Waals surface area (Å²) in [5, 5.41) is 0. The Balaban J connectivity index is 1.90. The van der Waals surface area contributed by atoms with Crippen molar-refractivity contribution in [3.05, 3.63) is 59.2 Å². The molecular weight excluding hydrogens is 346 g/mol. The van der Waals surface area contributed by atoms with E-state index in [1.54, 1.807) is 18.2 Å². The molecule has 0 unspecified atom stereocenters. The number of carbonyl (C=O) groups excluding carboxylic acids is 2. The van der Waals surface area contributed by atoms with E-state index < -0.39 is 23.4 Å². The van der Waals surface area contributed by atoms with E-state index in [-0.39, 0.29) is 25.0 Å². The molecule has 0 heterocycles. The van der Waals surface area contributed by atoms with E-state index in [9.17, 15) is 18.4 Å². The maximum Gasteiger partial charge on any atom is 0.306 e. The van der Waals surface area contributed by atoms with Crippen LogP contribution in [0.4, 0.5) is 8.78 Å². The zero-order chi connectivity index (χ0) is 19.1. The van der Waals surface area contributed by atoms with Gasteiger partial charge in [0.05, 0.1) is 26.2 Å². The van der Waals surface area contributed by atoms with Crippen LogP contribution in [0.15, 0.2) is 36.4 Å². The van der Waals surface area contributed by atoms with E-state index in [0.717, 1.165) is 12.1 Å². The van der Waals surface area contributed by atoms with Gasteiger partial charge in [-0.2, -0.15) is 0 Å². The van der Waals surface area contributed by atoms with Gasteiger partial charge >= 0.3 is 5.97 Å². The van der Waals surface area contributed by atoms with Crippen LogP contribution >= 0.6 is 0 Å². The molecule has 0 amide bonds. The van der Waals surface area contributed by atoms with Crippen molar-refractivity contribution in [2.45, 2.75) is 19.4 Å². The van der Waals surface area contributed by atoms with Crippen LogP contribution in [0.3, 0.4) is 0 Å². The monoisotopic (exact) mass is 364 g/mol. The number of halogens is 2. The molecule has 0 fully saturated rings. The lowest BCUT2D eigenvalue weighted by atomic mass is 10.1.